The van der Waals surface area contributed by atoms with Crippen LogP contribution in [0.1, 0.15) is 37.0 Å². The average Bonchev–Trinajstić information content (AvgIpc) is 2.53. The summed E-state index contributed by atoms with van der Waals surface area (Å²) in [6, 6.07) is 8.16. The van der Waals surface area contributed by atoms with Gasteiger partial charge in [0, 0.05) is 19.2 Å². The first-order chi connectivity index (χ1) is 10.6. The van der Waals surface area contributed by atoms with Crippen LogP contribution in [0.15, 0.2) is 24.3 Å². The van der Waals surface area contributed by atoms with Crippen LogP contribution < -0.4 is 5.32 Å². The van der Waals surface area contributed by atoms with E-state index in [2.05, 4.69) is 24.4 Å². The van der Waals surface area contributed by atoms with Gasteiger partial charge in [0.15, 0.2) is 0 Å². The third-order valence-electron chi connectivity index (χ3n) is 4.05. The van der Waals surface area contributed by atoms with Crippen LogP contribution in [0.2, 0.25) is 0 Å². The van der Waals surface area contributed by atoms with Crippen molar-refractivity contribution in [3.05, 3.63) is 35.4 Å². The number of aliphatic hydroxyl groups is 1. The Bertz CT molecular complexity index is 493. The predicted molar refractivity (Wildman–Crippen MR) is 85.8 cm³/mol. The fraction of sp³-hybridized carbons (Fsp3) is 0.588. The lowest BCUT2D eigenvalue weighted by Gasteiger charge is -2.34. The highest BCUT2D eigenvalue weighted by atomic mass is 16.5. The molecule has 5 nitrogen and oxygen atoms in total. The molecule has 2 amide bonds. The number of hydrogen-bond acceptors (Lipinski definition) is 3. The van der Waals surface area contributed by atoms with Gasteiger partial charge in [-0.05, 0) is 37.8 Å². The third kappa shape index (κ3) is 4.45. The molecule has 2 atom stereocenters. The van der Waals surface area contributed by atoms with Crippen molar-refractivity contribution < 1.29 is 14.6 Å². The first-order valence-corrected chi connectivity index (χ1v) is 7.95. The normalized spacial score (nSPS) is 19.8. The van der Waals surface area contributed by atoms with E-state index in [1.54, 1.807) is 0 Å². The standard InChI is InChI=1S/C17H26N2O3/c1-13-6-3-4-8-15(13)16-12-19(9-11-22-16)17(21)18-14(2)7-5-10-20/h3-4,6,8,14,16,20H,5,7,9-12H2,1-2H3,(H,18,21). The van der Waals surface area contributed by atoms with Gasteiger partial charge < -0.3 is 20.1 Å². The van der Waals surface area contributed by atoms with Crippen molar-refractivity contribution in [3.8, 4) is 0 Å². The van der Waals surface area contributed by atoms with Crippen LogP contribution in [-0.2, 0) is 4.74 Å². The summed E-state index contributed by atoms with van der Waals surface area (Å²) >= 11 is 0. The summed E-state index contributed by atoms with van der Waals surface area (Å²) in [7, 11) is 0. The number of rotatable bonds is 5. The summed E-state index contributed by atoms with van der Waals surface area (Å²) in [5, 5.41) is 11.8. The van der Waals surface area contributed by atoms with E-state index >= 15 is 0 Å². The molecule has 0 radical (unpaired) electrons. The smallest absolute Gasteiger partial charge is 0.317 e. The number of aryl methyl sites for hydroxylation is 1. The van der Waals surface area contributed by atoms with Crippen LogP contribution in [0.5, 0.6) is 0 Å². The van der Waals surface area contributed by atoms with E-state index in [1.165, 1.54) is 5.56 Å². The lowest BCUT2D eigenvalue weighted by atomic mass is 10.0. The molecule has 22 heavy (non-hydrogen) atoms. The molecule has 1 saturated heterocycles. The zero-order valence-electron chi connectivity index (χ0n) is 13.4. The zero-order valence-corrected chi connectivity index (χ0v) is 13.4. The molecule has 0 spiro atoms. The van der Waals surface area contributed by atoms with Crippen LogP contribution >= 0.6 is 0 Å². The van der Waals surface area contributed by atoms with Gasteiger partial charge in [-0.2, -0.15) is 0 Å². The maximum Gasteiger partial charge on any atom is 0.317 e. The maximum atomic E-state index is 12.3. The van der Waals surface area contributed by atoms with E-state index in [4.69, 9.17) is 9.84 Å². The van der Waals surface area contributed by atoms with Crippen molar-refractivity contribution >= 4 is 6.03 Å². The summed E-state index contributed by atoms with van der Waals surface area (Å²) in [5.41, 5.74) is 2.33. The molecule has 122 valence electrons. The van der Waals surface area contributed by atoms with Gasteiger partial charge in [-0.1, -0.05) is 24.3 Å². The van der Waals surface area contributed by atoms with Crippen molar-refractivity contribution in [2.45, 2.75) is 38.8 Å². The minimum Gasteiger partial charge on any atom is -0.396 e. The topological polar surface area (TPSA) is 61.8 Å². The van der Waals surface area contributed by atoms with Gasteiger partial charge in [0.25, 0.3) is 0 Å². The van der Waals surface area contributed by atoms with Gasteiger partial charge >= 0.3 is 6.03 Å². The van der Waals surface area contributed by atoms with Gasteiger partial charge in [0.1, 0.15) is 6.10 Å². The fourth-order valence-corrected chi connectivity index (χ4v) is 2.74. The third-order valence-corrected chi connectivity index (χ3v) is 4.05. The molecule has 2 N–H and O–H groups in total. The highest BCUT2D eigenvalue weighted by molar-refractivity contribution is 5.74. The van der Waals surface area contributed by atoms with Crippen LogP contribution in [0, 0.1) is 6.92 Å². The summed E-state index contributed by atoms with van der Waals surface area (Å²) in [5.74, 6) is 0. The number of hydrogen-bond donors (Lipinski definition) is 2. The first kappa shape index (κ1) is 16.8. The predicted octanol–water partition coefficient (Wildman–Crippen LogP) is 2.24. The Kier molecular flexibility index (Phi) is 6.21. The van der Waals surface area contributed by atoms with Crippen molar-refractivity contribution in [2.75, 3.05) is 26.3 Å². The molecule has 2 unspecified atom stereocenters. The fourth-order valence-electron chi connectivity index (χ4n) is 2.74. The number of carbonyl (C=O) groups is 1. The van der Waals surface area contributed by atoms with Crippen molar-refractivity contribution in [1.82, 2.24) is 10.2 Å². The number of benzene rings is 1. The van der Waals surface area contributed by atoms with E-state index < -0.39 is 0 Å². The molecular weight excluding hydrogens is 280 g/mol. The Hall–Kier alpha value is -1.59. The molecule has 2 rings (SSSR count). The maximum absolute atomic E-state index is 12.3. The zero-order chi connectivity index (χ0) is 15.9. The van der Waals surface area contributed by atoms with E-state index in [1.807, 2.05) is 24.0 Å². The monoisotopic (exact) mass is 306 g/mol. The summed E-state index contributed by atoms with van der Waals surface area (Å²) < 4.78 is 5.84. The van der Waals surface area contributed by atoms with Crippen LogP contribution in [0.25, 0.3) is 0 Å². The summed E-state index contributed by atoms with van der Waals surface area (Å²) in [6.07, 6.45) is 1.43. The second-order valence-electron chi connectivity index (χ2n) is 5.88. The largest absolute Gasteiger partial charge is 0.396 e. The molecule has 1 aliphatic rings. The lowest BCUT2D eigenvalue weighted by molar-refractivity contribution is -0.0160. The van der Waals surface area contributed by atoms with Crippen LogP contribution in [0.3, 0.4) is 0 Å². The SMILES string of the molecule is Cc1ccccc1C1CN(C(=O)NC(C)CCCO)CCO1. The molecule has 1 fully saturated rings. The van der Waals surface area contributed by atoms with E-state index in [0.29, 0.717) is 26.1 Å². The molecule has 1 aliphatic heterocycles. The highest BCUT2D eigenvalue weighted by Gasteiger charge is 2.26. The Morgan fingerprint density at radius 3 is 3.00 bits per heavy atom. The van der Waals surface area contributed by atoms with Crippen molar-refractivity contribution in [3.63, 3.8) is 0 Å². The first-order valence-electron chi connectivity index (χ1n) is 7.95. The molecular formula is C17H26N2O3. The van der Waals surface area contributed by atoms with E-state index in [0.717, 1.165) is 12.0 Å². The second kappa shape index (κ2) is 8.15. The van der Waals surface area contributed by atoms with Crippen LogP contribution in [-0.4, -0.2) is 48.4 Å². The highest BCUT2D eigenvalue weighted by Crippen LogP contribution is 2.24. The molecule has 0 aromatic heterocycles. The van der Waals surface area contributed by atoms with Gasteiger partial charge in [0.2, 0.25) is 0 Å². The molecule has 1 aromatic rings. The Morgan fingerprint density at radius 2 is 2.27 bits per heavy atom. The molecule has 0 aliphatic carbocycles. The van der Waals surface area contributed by atoms with Crippen molar-refractivity contribution in [2.24, 2.45) is 0 Å². The summed E-state index contributed by atoms with van der Waals surface area (Å²) in [6.45, 7) is 5.93. The van der Waals surface area contributed by atoms with Crippen molar-refractivity contribution in [1.29, 1.82) is 0 Å². The average molecular weight is 306 g/mol. The Morgan fingerprint density at radius 1 is 1.50 bits per heavy atom. The van der Waals surface area contributed by atoms with Crippen LogP contribution in [0.4, 0.5) is 4.79 Å². The number of morpholine rings is 1. The number of nitrogens with one attached hydrogen (secondary N) is 1. The van der Waals surface area contributed by atoms with Gasteiger partial charge in [0.05, 0.1) is 13.2 Å². The Balaban J connectivity index is 1.93. The quantitative estimate of drug-likeness (QED) is 0.877. The molecule has 1 aromatic carbocycles. The lowest BCUT2D eigenvalue weighted by Crippen LogP contribution is -2.49. The van der Waals surface area contributed by atoms with E-state index in [9.17, 15) is 4.79 Å². The second-order valence-corrected chi connectivity index (χ2v) is 5.88. The molecule has 1 heterocycles. The number of aliphatic hydroxyl groups excluding tert-OH is 1. The van der Waals surface area contributed by atoms with Gasteiger partial charge in [-0.15, -0.1) is 0 Å². The molecule has 0 saturated carbocycles. The number of ether oxygens (including phenoxy) is 1. The minimum absolute atomic E-state index is 0.0488. The molecule has 0 bridgehead atoms. The number of amides is 2. The number of carbonyl (C=O) groups excluding carboxylic acids is 1. The summed E-state index contributed by atoms with van der Waals surface area (Å²) in [4.78, 5) is 14.1. The van der Waals surface area contributed by atoms with Gasteiger partial charge in [-0.25, -0.2) is 4.79 Å². The minimum atomic E-state index is -0.0616. The van der Waals surface area contributed by atoms with Gasteiger partial charge in [-0.3, -0.25) is 0 Å². The number of nitrogens with zero attached hydrogens (tertiary/aromatic N) is 1. The Labute approximate surface area is 132 Å². The number of urea groups is 1. The molecule has 5 heteroatoms. The van der Waals surface area contributed by atoms with E-state index in [-0.39, 0.29) is 24.8 Å².